The lowest BCUT2D eigenvalue weighted by Crippen LogP contribution is -2.46. The maximum atomic E-state index is 8.77. The van der Waals surface area contributed by atoms with Crippen molar-refractivity contribution in [2.24, 2.45) is 5.92 Å². The van der Waals surface area contributed by atoms with Gasteiger partial charge in [-0.05, 0) is 32.0 Å². The highest BCUT2D eigenvalue weighted by atomic mass is 32.1. The second kappa shape index (κ2) is 5.63. The van der Waals surface area contributed by atoms with Crippen LogP contribution in [0.4, 0.5) is 0 Å². The summed E-state index contributed by atoms with van der Waals surface area (Å²) in [4.78, 5) is 3.65. The average molecular weight is 249 g/mol. The lowest BCUT2D eigenvalue weighted by atomic mass is 9.94. The summed E-state index contributed by atoms with van der Waals surface area (Å²) in [6, 6.07) is 4.77. The third-order valence-electron chi connectivity index (χ3n) is 3.43. The van der Waals surface area contributed by atoms with E-state index in [4.69, 9.17) is 5.26 Å². The number of nitrogens with zero attached hydrogens (tertiary/aromatic N) is 2. The van der Waals surface area contributed by atoms with Crippen molar-refractivity contribution in [1.29, 1.82) is 5.26 Å². The first-order chi connectivity index (χ1) is 8.19. The van der Waals surface area contributed by atoms with Crippen molar-refractivity contribution in [1.82, 2.24) is 10.2 Å². The molecular formula is C13H19N3S. The Morgan fingerprint density at radius 3 is 3.12 bits per heavy atom. The summed E-state index contributed by atoms with van der Waals surface area (Å²) in [5.41, 5.74) is 0.781. The van der Waals surface area contributed by atoms with Crippen molar-refractivity contribution < 1.29 is 0 Å². The van der Waals surface area contributed by atoms with Crippen LogP contribution in [0.1, 0.15) is 23.8 Å². The monoisotopic (exact) mass is 249 g/mol. The third kappa shape index (κ3) is 3.29. The molecule has 2 atom stereocenters. The molecule has 2 unspecified atom stereocenters. The van der Waals surface area contributed by atoms with Crippen LogP contribution in [-0.2, 0) is 6.54 Å². The maximum Gasteiger partial charge on any atom is 0.100 e. The van der Waals surface area contributed by atoms with Gasteiger partial charge in [-0.3, -0.25) is 0 Å². The molecule has 1 fully saturated rings. The zero-order chi connectivity index (χ0) is 12.3. The van der Waals surface area contributed by atoms with E-state index in [2.05, 4.69) is 30.3 Å². The van der Waals surface area contributed by atoms with Crippen molar-refractivity contribution in [2.75, 3.05) is 20.1 Å². The Morgan fingerprint density at radius 2 is 2.47 bits per heavy atom. The number of hydrogen-bond donors (Lipinski definition) is 1. The van der Waals surface area contributed by atoms with E-state index < -0.39 is 0 Å². The number of nitriles is 1. The van der Waals surface area contributed by atoms with Crippen LogP contribution < -0.4 is 5.32 Å². The van der Waals surface area contributed by atoms with Crippen LogP contribution >= 0.6 is 11.3 Å². The normalized spacial score (nSPS) is 25.7. The van der Waals surface area contributed by atoms with Crippen LogP contribution in [-0.4, -0.2) is 31.1 Å². The largest absolute Gasteiger partial charge is 0.309 e. The van der Waals surface area contributed by atoms with Gasteiger partial charge in [-0.1, -0.05) is 6.92 Å². The van der Waals surface area contributed by atoms with E-state index in [-0.39, 0.29) is 0 Å². The molecule has 1 aromatic rings. The van der Waals surface area contributed by atoms with E-state index in [1.165, 1.54) is 24.4 Å². The first-order valence-corrected chi connectivity index (χ1v) is 6.96. The summed E-state index contributed by atoms with van der Waals surface area (Å²) in [6.45, 7) is 5.55. The Labute approximate surface area is 107 Å². The van der Waals surface area contributed by atoms with Crippen LogP contribution in [0.5, 0.6) is 0 Å². The van der Waals surface area contributed by atoms with Gasteiger partial charge in [-0.25, -0.2) is 0 Å². The van der Waals surface area contributed by atoms with Crippen molar-refractivity contribution in [3.8, 4) is 6.07 Å². The zero-order valence-corrected chi connectivity index (χ0v) is 11.3. The summed E-state index contributed by atoms with van der Waals surface area (Å²) in [5, 5.41) is 14.3. The third-order valence-corrected chi connectivity index (χ3v) is 4.37. The summed E-state index contributed by atoms with van der Waals surface area (Å²) in [5.74, 6) is 0.698. The van der Waals surface area contributed by atoms with Gasteiger partial charge in [0.25, 0.3) is 0 Å². The molecule has 0 bridgehead atoms. The maximum absolute atomic E-state index is 8.77. The molecule has 2 rings (SSSR count). The van der Waals surface area contributed by atoms with Gasteiger partial charge < -0.3 is 10.2 Å². The minimum Gasteiger partial charge on any atom is -0.309 e. The first-order valence-electron chi connectivity index (χ1n) is 6.08. The van der Waals surface area contributed by atoms with Crippen molar-refractivity contribution in [3.63, 3.8) is 0 Å². The van der Waals surface area contributed by atoms with E-state index >= 15 is 0 Å². The molecule has 1 saturated heterocycles. The molecule has 4 heteroatoms. The number of rotatable bonds is 3. The molecule has 0 aromatic carbocycles. The topological polar surface area (TPSA) is 39.1 Å². The number of piperidine rings is 1. The van der Waals surface area contributed by atoms with Crippen molar-refractivity contribution in [3.05, 3.63) is 21.9 Å². The number of likely N-dealkylation sites (tertiary alicyclic amines) is 1. The highest BCUT2D eigenvalue weighted by molar-refractivity contribution is 7.10. The van der Waals surface area contributed by atoms with Gasteiger partial charge in [0.05, 0.1) is 5.56 Å². The van der Waals surface area contributed by atoms with Crippen molar-refractivity contribution in [2.45, 2.75) is 25.9 Å². The summed E-state index contributed by atoms with van der Waals surface area (Å²) >= 11 is 1.67. The van der Waals surface area contributed by atoms with E-state index in [1.54, 1.807) is 11.3 Å². The zero-order valence-electron chi connectivity index (χ0n) is 10.4. The second-order valence-electron chi connectivity index (χ2n) is 4.93. The molecule has 0 spiro atoms. The fourth-order valence-electron chi connectivity index (χ4n) is 2.42. The van der Waals surface area contributed by atoms with E-state index in [0.29, 0.717) is 12.0 Å². The molecule has 17 heavy (non-hydrogen) atoms. The molecule has 92 valence electrons. The van der Waals surface area contributed by atoms with Crippen LogP contribution in [0.25, 0.3) is 0 Å². The summed E-state index contributed by atoms with van der Waals surface area (Å²) in [7, 11) is 2.19. The van der Waals surface area contributed by atoms with E-state index in [0.717, 1.165) is 12.1 Å². The highest BCUT2D eigenvalue weighted by Crippen LogP contribution is 2.18. The lowest BCUT2D eigenvalue weighted by molar-refractivity contribution is 0.174. The Bertz CT molecular complexity index is 407. The summed E-state index contributed by atoms with van der Waals surface area (Å²) < 4.78 is 0. The number of hydrogen-bond acceptors (Lipinski definition) is 4. The van der Waals surface area contributed by atoms with Crippen LogP contribution in [0, 0.1) is 17.2 Å². The molecule has 0 aliphatic carbocycles. The Kier molecular flexibility index (Phi) is 4.16. The second-order valence-corrected chi connectivity index (χ2v) is 5.92. The molecule has 1 aliphatic rings. The fourth-order valence-corrected chi connectivity index (χ4v) is 3.18. The van der Waals surface area contributed by atoms with Crippen LogP contribution in [0.2, 0.25) is 0 Å². The van der Waals surface area contributed by atoms with Gasteiger partial charge in [0.1, 0.15) is 6.07 Å². The minimum atomic E-state index is 0.610. The molecular weight excluding hydrogens is 230 g/mol. The molecule has 1 aliphatic heterocycles. The lowest BCUT2D eigenvalue weighted by Gasteiger charge is -2.35. The van der Waals surface area contributed by atoms with Crippen molar-refractivity contribution >= 4 is 11.3 Å². The highest BCUT2D eigenvalue weighted by Gasteiger charge is 2.23. The Hall–Kier alpha value is -0.890. The quantitative estimate of drug-likeness (QED) is 0.891. The van der Waals surface area contributed by atoms with Gasteiger partial charge >= 0.3 is 0 Å². The SMILES string of the molecule is CC1CN(C)CCC1NCc1cc(C#N)cs1. The number of nitrogens with one attached hydrogen (secondary N) is 1. The molecule has 2 heterocycles. The van der Waals surface area contributed by atoms with E-state index in [9.17, 15) is 0 Å². The standard InChI is InChI=1S/C13H19N3S/c1-10-8-16(2)4-3-13(10)15-7-12-5-11(6-14)9-17-12/h5,9-10,13,15H,3-4,7-8H2,1-2H3. The Morgan fingerprint density at radius 1 is 1.65 bits per heavy atom. The van der Waals surface area contributed by atoms with Gasteiger partial charge in [0, 0.05) is 29.4 Å². The molecule has 1 N–H and O–H groups in total. The fraction of sp³-hybridized carbons (Fsp3) is 0.615. The molecule has 3 nitrogen and oxygen atoms in total. The molecule has 0 radical (unpaired) electrons. The smallest absolute Gasteiger partial charge is 0.100 e. The van der Waals surface area contributed by atoms with Gasteiger partial charge in [0.15, 0.2) is 0 Å². The molecule has 0 amide bonds. The van der Waals surface area contributed by atoms with Gasteiger partial charge in [-0.2, -0.15) is 5.26 Å². The van der Waals surface area contributed by atoms with Crippen LogP contribution in [0.3, 0.4) is 0 Å². The van der Waals surface area contributed by atoms with Gasteiger partial charge in [0.2, 0.25) is 0 Å². The Balaban J connectivity index is 1.84. The predicted molar refractivity (Wildman–Crippen MR) is 70.9 cm³/mol. The summed E-state index contributed by atoms with van der Waals surface area (Å²) in [6.07, 6.45) is 1.22. The average Bonchev–Trinajstić information content (AvgIpc) is 2.76. The van der Waals surface area contributed by atoms with Gasteiger partial charge in [-0.15, -0.1) is 11.3 Å². The van der Waals surface area contributed by atoms with Crippen LogP contribution in [0.15, 0.2) is 11.4 Å². The molecule has 0 saturated carbocycles. The minimum absolute atomic E-state index is 0.610. The first kappa shape index (κ1) is 12.6. The van der Waals surface area contributed by atoms with E-state index in [1.807, 2.05) is 11.4 Å². The predicted octanol–water partition coefficient (Wildman–Crippen LogP) is 2.05. The molecule has 1 aromatic heterocycles. The number of thiophene rings is 1.